The van der Waals surface area contributed by atoms with Gasteiger partial charge in [0.1, 0.15) is 0 Å². The summed E-state index contributed by atoms with van der Waals surface area (Å²) in [7, 11) is 0. The fraction of sp³-hybridized carbons (Fsp3) is 1.00. The van der Waals surface area contributed by atoms with Crippen LogP contribution in [0.1, 0.15) is 55.4 Å². The highest BCUT2D eigenvalue weighted by Crippen LogP contribution is 2.24. The number of aliphatic hydroxyl groups is 2. The van der Waals surface area contributed by atoms with Crippen molar-refractivity contribution >= 4 is 0 Å². The minimum Gasteiger partial charge on any atom is -0.396 e. The van der Waals surface area contributed by atoms with E-state index in [0.29, 0.717) is 11.8 Å². The number of hydrogen-bond acceptors (Lipinski definition) is 2. The highest BCUT2D eigenvalue weighted by molar-refractivity contribution is 4.70. The van der Waals surface area contributed by atoms with Gasteiger partial charge in [-0.1, -0.05) is 55.4 Å². The van der Waals surface area contributed by atoms with Gasteiger partial charge in [0, 0.05) is 13.2 Å². The molecule has 0 spiro atoms. The van der Waals surface area contributed by atoms with Crippen LogP contribution in [-0.4, -0.2) is 23.4 Å². The standard InChI is InChI=1S/2C7H16O/c2*1-6(2)7(3,4)5-8/h2*6,8H,5H2,1-4H3. The Morgan fingerprint density at radius 2 is 0.875 bits per heavy atom. The van der Waals surface area contributed by atoms with Gasteiger partial charge in [0.15, 0.2) is 0 Å². The zero-order chi connectivity index (χ0) is 13.6. The second kappa shape index (κ2) is 7.29. The Kier molecular flexibility index (Phi) is 8.33. The van der Waals surface area contributed by atoms with E-state index in [-0.39, 0.29) is 24.0 Å². The molecule has 2 heteroatoms. The molecule has 0 saturated heterocycles. The maximum absolute atomic E-state index is 8.76. The van der Waals surface area contributed by atoms with Crippen molar-refractivity contribution in [1.29, 1.82) is 0 Å². The molecule has 100 valence electrons. The molecular formula is C14H32O2. The Hall–Kier alpha value is -0.0800. The molecule has 0 aliphatic carbocycles. The molecule has 0 unspecified atom stereocenters. The summed E-state index contributed by atoms with van der Waals surface area (Å²) in [5.41, 5.74) is 0.194. The zero-order valence-corrected chi connectivity index (χ0v) is 12.5. The summed E-state index contributed by atoms with van der Waals surface area (Å²) in [6.45, 7) is 17.3. The Morgan fingerprint density at radius 3 is 0.875 bits per heavy atom. The van der Waals surface area contributed by atoms with Crippen molar-refractivity contribution in [3.05, 3.63) is 0 Å². The lowest BCUT2D eigenvalue weighted by atomic mass is 9.82. The average molecular weight is 232 g/mol. The summed E-state index contributed by atoms with van der Waals surface area (Å²) in [5.74, 6) is 1.12. The van der Waals surface area contributed by atoms with E-state index in [1.165, 1.54) is 0 Å². The molecule has 0 heterocycles. The molecule has 16 heavy (non-hydrogen) atoms. The Labute approximate surface area is 102 Å². The molecule has 0 rings (SSSR count). The summed E-state index contributed by atoms with van der Waals surface area (Å²) >= 11 is 0. The first-order valence-corrected chi connectivity index (χ1v) is 6.23. The summed E-state index contributed by atoms with van der Waals surface area (Å²) in [5, 5.41) is 17.5. The second-order valence-electron chi connectivity index (χ2n) is 6.60. The Morgan fingerprint density at radius 1 is 0.688 bits per heavy atom. The van der Waals surface area contributed by atoms with Gasteiger partial charge < -0.3 is 10.2 Å². The molecule has 0 aromatic heterocycles. The molecule has 0 aliphatic heterocycles. The average Bonchev–Trinajstić information content (AvgIpc) is 2.18. The van der Waals surface area contributed by atoms with Crippen LogP contribution < -0.4 is 0 Å². The van der Waals surface area contributed by atoms with Crippen molar-refractivity contribution in [1.82, 2.24) is 0 Å². The molecule has 0 atom stereocenters. The van der Waals surface area contributed by atoms with E-state index in [1.54, 1.807) is 0 Å². The highest BCUT2D eigenvalue weighted by Gasteiger charge is 2.20. The van der Waals surface area contributed by atoms with Gasteiger partial charge in [-0.05, 0) is 22.7 Å². The summed E-state index contributed by atoms with van der Waals surface area (Å²) < 4.78 is 0. The first kappa shape index (κ1) is 18.3. The van der Waals surface area contributed by atoms with Gasteiger partial charge in [0.05, 0.1) is 0 Å². The van der Waals surface area contributed by atoms with Gasteiger partial charge >= 0.3 is 0 Å². The van der Waals surface area contributed by atoms with Crippen LogP contribution in [0, 0.1) is 22.7 Å². The number of rotatable bonds is 4. The van der Waals surface area contributed by atoms with Crippen LogP contribution in [0.15, 0.2) is 0 Å². The van der Waals surface area contributed by atoms with Crippen molar-refractivity contribution in [3.8, 4) is 0 Å². The van der Waals surface area contributed by atoms with Crippen molar-refractivity contribution in [2.24, 2.45) is 22.7 Å². The molecule has 0 amide bonds. The van der Waals surface area contributed by atoms with Gasteiger partial charge in [-0.3, -0.25) is 0 Å². The van der Waals surface area contributed by atoms with Crippen LogP contribution in [0.4, 0.5) is 0 Å². The van der Waals surface area contributed by atoms with E-state index in [2.05, 4.69) is 55.4 Å². The van der Waals surface area contributed by atoms with Gasteiger partial charge in [0.25, 0.3) is 0 Å². The molecule has 0 aromatic carbocycles. The second-order valence-corrected chi connectivity index (χ2v) is 6.60. The smallest absolute Gasteiger partial charge is 0.0484 e. The van der Waals surface area contributed by atoms with Crippen LogP contribution in [0.3, 0.4) is 0 Å². The third-order valence-corrected chi connectivity index (χ3v) is 3.94. The van der Waals surface area contributed by atoms with Crippen molar-refractivity contribution in [3.63, 3.8) is 0 Å². The number of hydrogen-bond donors (Lipinski definition) is 2. The first-order chi connectivity index (χ1) is 7.01. The van der Waals surface area contributed by atoms with E-state index in [1.807, 2.05) is 0 Å². The van der Waals surface area contributed by atoms with Crippen LogP contribution in [-0.2, 0) is 0 Å². The molecule has 0 bridgehead atoms. The summed E-state index contributed by atoms with van der Waals surface area (Å²) in [6.07, 6.45) is 0. The summed E-state index contributed by atoms with van der Waals surface area (Å²) in [4.78, 5) is 0. The molecule has 0 radical (unpaired) electrons. The molecule has 0 aliphatic rings. The predicted molar refractivity (Wildman–Crippen MR) is 71.4 cm³/mol. The van der Waals surface area contributed by atoms with E-state index in [9.17, 15) is 0 Å². The van der Waals surface area contributed by atoms with E-state index < -0.39 is 0 Å². The highest BCUT2D eigenvalue weighted by atomic mass is 16.3. The fourth-order valence-corrected chi connectivity index (χ4v) is 0.365. The quantitative estimate of drug-likeness (QED) is 0.780. The molecule has 2 nitrogen and oxygen atoms in total. The van der Waals surface area contributed by atoms with Crippen LogP contribution in [0.5, 0.6) is 0 Å². The van der Waals surface area contributed by atoms with Crippen LogP contribution >= 0.6 is 0 Å². The maximum atomic E-state index is 8.76. The third kappa shape index (κ3) is 7.24. The lowest BCUT2D eigenvalue weighted by molar-refractivity contribution is 0.113. The van der Waals surface area contributed by atoms with Gasteiger partial charge in [-0.25, -0.2) is 0 Å². The van der Waals surface area contributed by atoms with Crippen LogP contribution in [0.2, 0.25) is 0 Å². The first-order valence-electron chi connectivity index (χ1n) is 6.23. The molecule has 2 N–H and O–H groups in total. The van der Waals surface area contributed by atoms with Gasteiger partial charge in [0.2, 0.25) is 0 Å². The molecular weight excluding hydrogens is 200 g/mol. The fourth-order valence-electron chi connectivity index (χ4n) is 0.365. The van der Waals surface area contributed by atoms with Gasteiger partial charge in [-0.15, -0.1) is 0 Å². The van der Waals surface area contributed by atoms with E-state index in [0.717, 1.165) is 0 Å². The zero-order valence-electron chi connectivity index (χ0n) is 12.5. The SMILES string of the molecule is CC(C)C(C)(C)CO.CC(C)C(C)(C)CO. The Balaban J connectivity index is 0. The van der Waals surface area contributed by atoms with E-state index >= 15 is 0 Å². The topological polar surface area (TPSA) is 40.5 Å². The molecule has 0 saturated carbocycles. The predicted octanol–water partition coefficient (Wildman–Crippen LogP) is 3.32. The largest absolute Gasteiger partial charge is 0.396 e. The van der Waals surface area contributed by atoms with E-state index in [4.69, 9.17) is 10.2 Å². The van der Waals surface area contributed by atoms with Gasteiger partial charge in [-0.2, -0.15) is 0 Å². The summed E-state index contributed by atoms with van der Waals surface area (Å²) in [6, 6.07) is 0. The molecule has 0 aromatic rings. The van der Waals surface area contributed by atoms with Crippen molar-refractivity contribution < 1.29 is 10.2 Å². The minimum absolute atomic E-state index is 0.0972. The maximum Gasteiger partial charge on any atom is 0.0484 e. The van der Waals surface area contributed by atoms with Crippen molar-refractivity contribution in [2.45, 2.75) is 55.4 Å². The number of aliphatic hydroxyl groups excluding tert-OH is 2. The lowest BCUT2D eigenvalue weighted by Gasteiger charge is -2.25. The Bertz CT molecular complexity index is 150. The lowest BCUT2D eigenvalue weighted by Crippen LogP contribution is -2.23. The monoisotopic (exact) mass is 232 g/mol. The van der Waals surface area contributed by atoms with Crippen LogP contribution in [0.25, 0.3) is 0 Å². The normalized spacial score (nSPS) is 12.8. The van der Waals surface area contributed by atoms with Crippen molar-refractivity contribution in [2.75, 3.05) is 13.2 Å². The molecule has 0 fully saturated rings. The third-order valence-electron chi connectivity index (χ3n) is 3.94. The minimum atomic E-state index is 0.0972.